The maximum absolute atomic E-state index is 5.96. The van der Waals surface area contributed by atoms with Gasteiger partial charge < -0.3 is 10.2 Å². The van der Waals surface area contributed by atoms with Crippen molar-refractivity contribution >= 4 is 11.6 Å². The zero-order chi connectivity index (χ0) is 9.97. The molecule has 0 radical (unpaired) electrons. The monoisotopic (exact) mass is 210 g/mol. The van der Waals surface area contributed by atoms with Gasteiger partial charge >= 0.3 is 0 Å². The molecule has 0 amide bonds. The summed E-state index contributed by atoms with van der Waals surface area (Å²) in [6.07, 6.45) is 0. The number of nitrogens with zero attached hydrogens (tertiary/aromatic N) is 1. The third kappa shape index (κ3) is 2.27. The van der Waals surface area contributed by atoms with Crippen LogP contribution in [0.4, 0.5) is 0 Å². The molecule has 1 saturated heterocycles. The van der Waals surface area contributed by atoms with Crippen molar-refractivity contribution in [2.75, 3.05) is 26.7 Å². The Morgan fingerprint density at radius 2 is 2.36 bits per heavy atom. The minimum Gasteiger partial charge on any atom is -0.308 e. The lowest BCUT2D eigenvalue weighted by molar-refractivity contribution is 0.241. The van der Waals surface area contributed by atoms with Gasteiger partial charge in [0, 0.05) is 30.7 Å². The molecule has 1 fully saturated rings. The lowest BCUT2D eigenvalue weighted by Gasteiger charge is -2.31. The molecule has 1 aliphatic heterocycles. The van der Waals surface area contributed by atoms with Crippen LogP contribution >= 0.6 is 11.6 Å². The van der Waals surface area contributed by atoms with E-state index in [1.54, 1.807) is 0 Å². The minimum atomic E-state index is 0.424. The van der Waals surface area contributed by atoms with Gasteiger partial charge in [0.05, 0.1) is 0 Å². The van der Waals surface area contributed by atoms with Gasteiger partial charge in [-0.3, -0.25) is 0 Å². The van der Waals surface area contributed by atoms with E-state index in [9.17, 15) is 0 Å². The number of rotatable bonds is 1. The maximum atomic E-state index is 5.96. The molecule has 1 N–H and O–H groups in total. The average Bonchev–Trinajstić information content (AvgIpc) is 2.18. The lowest BCUT2D eigenvalue weighted by atomic mass is 10.1. The summed E-state index contributed by atoms with van der Waals surface area (Å²) in [6, 6.07) is 8.51. The van der Waals surface area contributed by atoms with Crippen LogP contribution in [-0.4, -0.2) is 31.6 Å². The second-order valence-corrected chi connectivity index (χ2v) is 4.26. The van der Waals surface area contributed by atoms with Gasteiger partial charge in [-0.2, -0.15) is 0 Å². The summed E-state index contributed by atoms with van der Waals surface area (Å²) >= 11 is 5.96. The molecule has 76 valence electrons. The topological polar surface area (TPSA) is 15.3 Å². The van der Waals surface area contributed by atoms with Gasteiger partial charge in [0.25, 0.3) is 0 Å². The third-order valence-electron chi connectivity index (χ3n) is 2.63. The summed E-state index contributed by atoms with van der Waals surface area (Å²) in [7, 11) is 2.15. The Kier molecular flexibility index (Phi) is 3.06. The zero-order valence-electron chi connectivity index (χ0n) is 8.33. The molecule has 0 saturated carbocycles. The average molecular weight is 211 g/mol. The summed E-state index contributed by atoms with van der Waals surface area (Å²) in [4.78, 5) is 2.34. The largest absolute Gasteiger partial charge is 0.308 e. The number of benzene rings is 1. The van der Waals surface area contributed by atoms with Crippen molar-refractivity contribution in [1.29, 1.82) is 0 Å². The van der Waals surface area contributed by atoms with E-state index in [4.69, 9.17) is 11.6 Å². The van der Waals surface area contributed by atoms with Crippen LogP contribution in [0.5, 0.6) is 0 Å². The number of halogens is 1. The molecule has 1 unspecified atom stereocenters. The van der Waals surface area contributed by atoms with Crippen molar-refractivity contribution in [1.82, 2.24) is 10.2 Å². The zero-order valence-corrected chi connectivity index (χ0v) is 9.09. The van der Waals surface area contributed by atoms with E-state index in [-0.39, 0.29) is 0 Å². The van der Waals surface area contributed by atoms with Crippen LogP contribution in [0.1, 0.15) is 11.6 Å². The standard InChI is InChI=1S/C11H15ClN2/c1-14-6-5-13-11(8-14)9-3-2-4-10(12)7-9/h2-4,7,11,13H,5-6,8H2,1H3. The molecule has 0 bridgehead atoms. The molecule has 0 spiro atoms. The highest BCUT2D eigenvalue weighted by atomic mass is 35.5. The maximum Gasteiger partial charge on any atom is 0.0450 e. The van der Waals surface area contributed by atoms with Crippen molar-refractivity contribution in [2.24, 2.45) is 0 Å². The minimum absolute atomic E-state index is 0.424. The third-order valence-corrected chi connectivity index (χ3v) is 2.86. The summed E-state index contributed by atoms with van der Waals surface area (Å²) in [5, 5.41) is 4.31. The fraction of sp³-hybridized carbons (Fsp3) is 0.455. The van der Waals surface area contributed by atoms with Gasteiger partial charge in [-0.1, -0.05) is 23.7 Å². The van der Waals surface area contributed by atoms with Crippen LogP contribution in [0.15, 0.2) is 24.3 Å². The van der Waals surface area contributed by atoms with Gasteiger partial charge in [-0.05, 0) is 24.7 Å². The Labute approximate surface area is 89.9 Å². The molecule has 1 heterocycles. The lowest BCUT2D eigenvalue weighted by Crippen LogP contribution is -2.43. The molecule has 1 aromatic carbocycles. The molecule has 1 aromatic rings. The first kappa shape index (κ1) is 9.97. The van der Waals surface area contributed by atoms with E-state index in [1.165, 1.54) is 5.56 Å². The Balaban J connectivity index is 2.14. The first-order valence-corrected chi connectivity index (χ1v) is 5.31. The second kappa shape index (κ2) is 4.30. The summed E-state index contributed by atoms with van der Waals surface area (Å²) in [5.41, 5.74) is 1.28. The molecule has 1 atom stereocenters. The van der Waals surface area contributed by atoms with Gasteiger partial charge in [0.1, 0.15) is 0 Å². The summed E-state index contributed by atoms with van der Waals surface area (Å²) in [5.74, 6) is 0. The normalized spacial score (nSPS) is 23.7. The Bertz CT molecular complexity index is 314. The van der Waals surface area contributed by atoms with Crippen LogP contribution in [0, 0.1) is 0 Å². The highest BCUT2D eigenvalue weighted by Gasteiger charge is 2.17. The first-order valence-electron chi connectivity index (χ1n) is 4.93. The molecule has 3 heteroatoms. The number of hydrogen-bond acceptors (Lipinski definition) is 2. The predicted octanol–water partition coefficient (Wildman–Crippen LogP) is 1.92. The van der Waals surface area contributed by atoms with Gasteiger partial charge in [-0.25, -0.2) is 0 Å². The fourth-order valence-corrected chi connectivity index (χ4v) is 2.04. The molecular weight excluding hydrogens is 196 g/mol. The molecule has 0 aliphatic carbocycles. The van der Waals surface area contributed by atoms with Crippen molar-refractivity contribution in [3.63, 3.8) is 0 Å². The van der Waals surface area contributed by atoms with Crippen molar-refractivity contribution in [2.45, 2.75) is 6.04 Å². The van der Waals surface area contributed by atoms with E-state index in [2.05, 4.69) is 23.3 Å². The van der Waals surface area contributed by atoms with Crippen LogP contribution < -0.4 is 5.32 Å². The predicted molar refractivity (Wildman–Crippen MR) is 59.7 cm³/mol. The highest BCUT2D eigenvalue weighted by Crippen LogP contribution is 2.19. The SMILES string of the molecule is CN1CCNC(c2cccc(Cl)c2)C1. The van der Waals surface area contributed by atoms with Crippen molar-refractivity contribution < 1.29 is 0 Å². The number of likely N-dealkylation sites (N-methyl/N-ethyl adjacent to an activating group) is 1. The number of piperazine rings is 1. The highest BCUT2D eigenvalue weighted by molar-refractivity contribution is 6.30. The van der Waals surface area contributed by atoms with Crippen LogP contribution in [-0.2, 0) is 0 Å². The van der Waals surface area contributed by atoms with Crippen molar-refractivity contribution in [3.8, 4) is 0 Å². The fourth-order valence-electron chi connectivity index (χ4n) is 1.84. The smallest absolute Gasteiger partial charge is 0.0450 e. The summed E-state index contributed by atoms with van der Waals surface area (Å²) in [6.45, 7) is 3.23. The van der Waals surface area contributed by atoms with Gasteiger partial charge in [0.2, 0.25) is 0 Å². The van der Waals surface area contributed by atoms with E-state index in [1.807, 2.05) is 18.2 Å². The van der Waals surface area contributed by atoms with E-state index < -0.39 is 0 Å². The van der Waals surface area contributed by atoms with Gasteiger partial charge in [0.15, 0.2) is 0 Å². The Hall–Kier alpha value is -0.570. The molecule has 0 aromatic heterocycles. The van der Waals surface area contributed by atoms with Gasteiger partial charge in [-0.15, -0.1) is 0 Å². The Morgan fingerprint density at radius 3 is 3.07 bits per heavy atom. The quantitative estimate of drug-likeness (QED) is 0.762. The molecular formula is C11H15ClN2. The van der Waals surface area contributed by atoms with Crippen molar-refractivity contribution in [3.05, 3.63) is 34.9 Å². The second-order valence-electron chi connectivity index (χ2n) is 3.82. The molecule has 2 nitrogen and oxygen atoms in total. The summed E-state index contributed by atoms with van der Waals surface area (Å²) < 4.78 is 0. The molecule has 1 aliphatic rings. The molecule has 14 heavy (non-hydrogen) atoms. The molecule has 2 rings (SSSR count). The Morgan fingerprint density at radius 1 is 1.50 bits per heavy atom. The van der Waals surface area contributed by atoms with E-state index in [0.717, 1.165) is 24.7 Å². The first-order chi connectivity index (χ1) is 6.75. The van der Waals surface area contributed by atoms with E-state index >= 15 is 0 Å². The number of hydrogen-bond donors (Lipinski definition) is 1. The number of nitrogens with one attached hydrogen (secondary N) is 1. The van der Waals surface area contributed by atoms with Crippen LogP contribution in [0.3, 0.4) is 0 Å². The van der Waals surface area contributed by atoms with Crippen LogP contribution in [0.2, 0.25) is 5.02 Å². The van der Waals surface area contributed by atoms with E-state index in [0.29, 0.717) is 6.04 Å². The van der Waals surface area contributed by atoms with Crippen LogP contribution in [0.25, 0.3) is 0 Å².